The summed E-state index contributed by atoms with van der Waals surface area (Å²) in [6.07, 6.45) is 1.75. The van der Waals surface area contributed by atoms with E-state index in [0.717, 1.165) is 36.7 Å². The Labute approximate surface area is 176 Å². The van der Waals surface area contributed by atoms with Gasteiger partial charge < -0.3 is 19.7 Å². The van der Waals surface area contributed by atoms with Crippen molar-refractivity contribution in [3.8, 4) is 11.8 Å². The van der Waals surface area contributed by atoms with Crippen LogP contribution in [-0.4, -0.2) is 50.8 Å². The fourth-order valence-electron chi connectivity index (χ4n) is 2.97. The summed E-state index contributed by atoms with van der Waals surface area (Å²) in [5.41, 5.74) is -0.457. The Morgan fingerprint density at radius 1 is 1.27 bits per heavy atom. The first-order valence-electron chi connectivity index (χ1n) is 10.5. The van der Waals surface area contributed by atoms with Crippen molar-refractivity contribution in [3.05, 3.63) is 22.2 Å². The average molecular weight is 421 g/mol. The molecule has 30 heavy (non-hydrogen) atoms. The molecule has 1 saturated heterocycles. The van der Waals surface area contributed by atoms with Gasteiger partial charge in [0.25, 0.3) is 0 Å². The van der Waals surface area contributed by atoms with E-state index in [1.54, 1.807) is 6.92 Å². The number of ether oxygens (including phenoxy) is 2. The van der Waals surface area contributed by atoms with E-state index in [1.807, 2.05) is 6.92 Å². The van der Waals surface area contributed by atoms with E-state index in [2.05, 4.69) is 29.1 Å². The molecule has 0 aliphatic carbocycles. The maximum absolute atomic E-state index is 12.5. The van der Waals surface area contributed by atoms with Gasteiger partial charge >= 0.3 is 11.8 Å². The van der Waals surface area contributed by atoms with Gasteiger partial charge in [0.1, 0.15) is 12.2 Å². The third-order valence-corrected chi connectivity index (χ3v) is 4.78. The number of aliphatic hydroxyl groups excluding tert-OH is 2. The molecule has 1 fully saturated rings. The van der Waals surface area contributed by atoms with E-state index in [1.165, 1.54) is 6.20 Å². The van der Waals surface area contributed by atoms with Crippen molar-refractivity contribution >= 4 is 11.9 Å². The van der Waals surface area contributed by atoms with Crippen LogP contribution in [0.15, 0.2) is 11.0 Å². The summed E-state index contributed by atoms with van der Waals surface area (Å²) in [5.74, 6) is 5.90. The number of hydrogen-bond donors (Lipinski definition) is 3. The number of aromatic nitrogens is 2. The molecule has 0 saturated carbocycles. The van der Waals surface area contributed by atoms with Crippen LogP contribution >= 0.6 is 0 Å². The molecule has 2 heterocycles. The van der Waals surface area contributed by atoms with Crippen molar-refractivity contribution in [3.63, 3.8) is 0 Å². The van der Waals surface area contributed by atoms with Crippen LogP contribution in [0.2, 0.25) is 0 Å². The SMILES string of the molecule is CCCCC#Cc1cn([C@@H]2O[C@H](C)C(O)C2O)c(=O)nc1NC(=O)OCCCCC. The molecule has 1 amide bonds. The largest absolute Gasteiger partial charge is 0.449 e. The molecule has 0 radical (unpaired) electrons. The van der Waals surface area contributed by atoms with Gasteiger partial charge in [-0.15, -0.1) is 0 Å². The quantitative estimate of drug-likeness (QED) is 0.434. The number of carbonyl (C=O) groups excluding carboxylic acids is 1. The van der Waals surface area contributed by atoms with Gasteiger partial charge in [0.05, 0.1) is 18.3 Å². The fourth-order valence-corrected chi connectivity index (χ4v) is 2.97. The molecule has 4 atom stereocenters. The highest BCUT2D eigenvalue weighted by Gasteiger charge is 2.42. The number of unbranched alkanes of at least 4 members (excludes halogenated alkanes) is 4. The first kappa shape index (κ1) is 23.9. The molecule has 166 valence electrons. The maximum Gasteiger partial charge on any atom is 0.412 e. The molecule has 0 spiro atoms. The van der Waals surface area contributed by atoms with Gasteiger partial charge in [0.15, 0.2) is 12.0 Å². The molecule has 2 rings (SSSR count). The highest BCUT2D eigenvalue weighted by atomic mass is 16.6. The van der Waals surface area contributed by atoms with Gasteiger partial charge in [-0.3, -0.25) is 9.88 Å². The molecular formula is C21H31N3O6. The van der Waals surface area contributed by atoms with Crippen LogP contribution in [0, 0.1) is 11.8 Å². The van der Waals surface area contributed by atoms with E-state index in [0.29, 0.717) is 12.0 Å². The Bertz CT molecular complexity index is 828. The van der Waals surface area contributed by atoms with Crippen LogP contribution < -0.4 is 11.0 Å². The van der Waals surface area contributed by atoms with Crippen LogP contribution in [0.3, 0.4) is 0 Å². The van der Waals surface area contributed by atoms with Crippen molar-refractivity contribution in [2.24, 2.45) is 0 Å². The molecule has 1 aliphatic heterocycles. The number of anilines is 1. The molecule has 2 unspecified atom stereocenters. The number of rotatable bonds is 8. The van der Waals surface area contributed by atoms with Gasteiger partial charge in [0, 0.05) is 12.6 Å². The van der Waals surface area contributed by atoms with Crippen molar-refractivity contribution in [1.29, 1.82) is 0 Å². The average Bonchev–Trinajstić information content (AvgIpc) is 2.97. The topological polar surface area (TPSA) is 123 Å². The number of nitrogens with zero attached hydrogens (tertiary/aromatic N) is 2. The van der Waals surface area contributed by atoms with Crippen molar-refractivity contribution < 1.29 is 24.5 Å². The predicted molar refractivity (Wildman–Crippen MR) is 111 cm³/mol. The lowest BCUT2D eigenvalue weighted by Crippen LogP contribution is -2.36. The molecule has 0 aromatic carbocycles. The minimum atomic E-state index is -1.29. The Morgan fingerprint density at radius 3 is 2.63 bits per heavy atom. The van der Waals surface area contributed by atoms with E-state index in [4.69, 9.17) is 9.47 Å². The highest BCUT2D eigenvalue weighted by molar-refractivity contribution is 5.85. The number of amides is 1. The predicted octanol–water partition coefficient (Wildman–Crippen LogP) is 2.16. The number of carbonyl (C=O) groups is 1. The summed E-state index contributed by atoms with van der Waals surface area (Å²) in [6, 6.07) is 0. The van der Waals surface area contributed by atoms with E-state index >= 15 is 0 Å². The number of nitrogens with one attached hydrogen (secondary N) is 1. The Balaban J connectivity index is 2.27. The van der Waals surface area contributed by atoms with Crippen LogP contribution in [0.25, 0.3) is 0 Å². The zero-order valence-electron chi connectivity index (χ0n) is 17.8. The fraction of sp³-hybridized carbons (Fsp3) is 0.667. The van der Waals surface area contributed by atoms with Crippen LogP contribution in [0.1, 0.15) is 71.1 Å². The van der Waals surface area contributed by atoms with E-state index in [-0.39, 0.29) is 12.4 Å². The molecule has 1 aliphatic rings. The first-order valence-corrected chi connectivity index (χ1v) is 10.5. The second kappa shape index (κ2) is 11.7. The lowest BCUT2D eigenvalue weighted by Gasteiger charge is -2.18. The molecule has 1 aromatic rings. The molecule has 3 N–H and O–H groups in total. The first-order chi connectivity index (χ1) is 14.4. The van der Waals surface area contributed by atoms with Crippen molar-refractivity contribution in [2.75, 3.05) is 11.9 Å². The lowest BCUT2D eigenvalue weighted by atomic mass is 10.1. The normalized spacial score (nSPS) is 23.0. The summed E-state index contributed by atoms with van der Waals surface area (Å²) in [5, 5.41) is 22.6. The second-order valence-corrected chi connectivity index (χ2v) is 7.28. The zero-order valence-corrected chi connectivity index (χ0v) is 17.8. The monoisotopic (exact) mass is 421 g/mol. The van der Waals surface area contributed by atoms with Crippen molar-refractivity contribution in [1.82, 2.24) is 9.55 Å². The summed E-state index contributed by atoms with van der Waals surface area (Å²) in [4.78, 5) is 28.5. The summed E-state index contributed by atoms with van der Waals surface area (Å²) in [6.45, 7) is 5.97. The van der Waals surface area contributed by atoms with Gasteiger partial charge in [-0.1, -0.05) is 45.0 Å². The standard InChI is InChI=1S/C21H31N3O6/c1-4-6-8-9-11-15-13-24(19-17(26)16(25)14(3)30-19)20(27)22-18(15)23-21(28)29-12-10-7-5-2/h13-14,16-17,19,25-26H,4-8,10,12H2,1-3H3,(H,22,23,27,28)/t14-,16?,17?,19-/m1/s1. The molecule has 9 nitrogen and oxygen atoms in total. The minimum absolute atomic E-state index is 0.0122. The van der Waals surface area contributed by atoms with E-state index < -0.39 is 36.3 Å². The molecule has 9 heteroatoms. The summed E-state index contributed by atoms with van der Waals surface area (Å²) in [7, 11) is 0. The van der Waals surface area contributed by atoms with Crippen molar-refractivity contribution in [2.45, 2.75) is 83.8 Å². The maximum atomic E-state index is 12.5. The molecule has 1 aromatic heterocycles. The lowest BCUT2D eigenvalue weighted by molar-refractivity contribution is -0.0350. The second-order valence-electron chi connectivity index (χ2n) is 7.28. The highest BCUT2D eigenvalue weighted by Crippen LogP contribution is 2.28. The Hall–Kier alpha value is -2.41. The third kappa shape index (κ3) is 6.29. The number of aliphatic hydroxyl groups is 2. The van der Waals surface area contributed by atoms with E-state index in [9.17, 15) is 19.8 Å². The number of hydrogen-bond acceptors (Lipinski definition) is 7. The third-order valence-electron chi connectivity index (χ3n) is 4.78. The molecule has 0 bridgehead atoms. The summed E-state index contributed by atoms with van der Waals surface area (Å²) >= 11 is 0. The van der Waals surface area contributed by atoms with Gasteiger partial charge in [-0.05, 0) is 19.8 Å². The smallest absolute Gasteiger partial charge is 0.412 e. The van der Waals surface area contributed by atoms with Gasteiger partial charge in [0.2, 0.25) is 0 Å². The Morgan fingerprint density at radius 2 is 2.00 bits per heavy atom. The van der Waals surface area contributed by atoms with Crippen LogP contribution in [-0.2, 0) is 9.47 Å². The summed E-state index contributed by atoms with van der Waals surface area (Å²) < 4.78 is 11.7. The van der Waals surface area contributed by atoms with Gasteiger partial charge in [-0.25, -0.2) is 9.59 Å². The van der Waals surface area contributed by atoms with Crippen LogP contribution in [0.4, 0.5) is 10.6 Å². The Kier molecular flexibility index (Phi) is 9.30. The zero-order chi connectivity index (χ0) is 22.1. The minimum Gasteiger partial charge on any atom is -0.449 e. The van der Waals surface area contributed by atoms with Gasteiger partial charge in [-0.2, -0.15) is 4.98 Å². The molecular weight excluding hydrogens is 390 g/mol. The van der Waals surface area contributed by atoms with Crippen LogP contribution in [0.5, 0.6) is 0 Å².